The Bertz CT molecular complexity index is 524. The molecule has 1 amide bonds. The van der Waals surface area contributed by atoms with Gasteiger partial charge in [0.25, 0.3) is 0 Å². The predicted octanol–water partition coefficient (Wildman–Crippen LogP) is 3.59. The number of carbonyl (C=O) groups excluding carboxylic acids is 2. The van der Waals surface area contributed by atoms with Gasteiger partial charge in [0.1, 0.15) is 11.4 Å². The van der Waals surface area contributed by atoms with Crippen LogP contribution in [0.1, 0.15) is 30.1 Å². The van der Waals surface area contributed by atoms with Gasteiger partial charge < -0.3 is 9.47 Å². The molecule has 1 rings (SSSR count). The lowest BCUT2D eigenvalue weighted by Gasteiger charge is -2.24. The van der Waals surface area contributed by atoms with Crippen LogP contribution in [0, 0.1) is 5.82 Å². The van der Waals surface area contributed by atoms with Crippen LogP contribution in [0.5, 0.6) is 0 Å². The summed E-state index contributed by atoms with van der Waals surface area (Å²) in [6, 6.07) is 4.04. The summed E-state index contributed by atoms with van der Waals surface area (Å²) in [7, 11) is 1.15. The number of hydrogen-bond acceptors (Lipinski definition) is 4. The summed E-state index contributed by atoms with van der Waals surface area (Å²) in [4.78, 5) is 25.1. The summed E-state index contributed by atoms with van der Waals surface area (Å²) in [6.45, 7) is 2.11. The highest BCUT2D eigenvalue weighted by molar-refractivity contribution is 6.17. The van der Waals surface area contributed by atoms with Crippen molar-refractivity contribution in [3.05, 3.63) is 29.6 Å². The fraction of sp³-hybridized carbons (Fsp3) is 0.467. The zero-order chi connectivity index (χ0) is 16.5. The zero-order valence-electron chi connectivity index (χ0n) is 12.6. The molecular formula is C15H19ClFNO4. The van der Waals surface area contributed by atoms with Gasteiger partial charge in [-0.3, -0.25) is 4.90 Å². The van der Waals surface area contributed by atoms with Gasteiger partial charge in [-0.2, -0.15) is 0 Å². The molecule has 0 N–H and O–H groups in total. The third kappa shape index (κ3) is 4.59. The molecular weight excluding hydrogens is 313 g/mol. The van der Waals surface area contributed by atoms with Gasteiger partial charge in [0, 0.05) is 12.4 Å². The maximum Gasteiger partial charge on any atom is 0.414 e. The number of unbranched alkanes of at least 4 members (excludes halogenated alkanes) is 1. The Morgan fingerprint density at radius 1 is 1.32 bits per heavy atom. The van der Waals surface area contributed by atoms with E-state index in [1.165, 1.54) is 17.0 Å². The Hall–Kier alpha value is -1.82. The first kappa shape index (κ1) is 18.2. The van der Waals surface area contributed by atoms with Gasteiger partial charge >= 0.3 is 12.1 Å². The van der Waals surface area contributed by atoms with Crippen LogP contribution in [0.3, 0.4) is 0 Å². The average molecular weight is 332 g/mol. The third-order valence-corrected chi connectivity index (χ3v) is 3.19. The van der Waals surface area contributed by atoms with Crippen molar-refractivity contribution in [1.29, 1.82) is 0 Å². The van der Waals surface area contributed by atoms with Gasteiger partial charge in [-0.1, -0.05) is 6.07 Å². The second-order valence-corrected chi connectivity index (χ2v) is 4.75. The summed E-state index contributed by atoms with van der Waals surface area (Å²) >= 11 is 5.63. The molecule has 1 aromatic carbocycles. The monoisotopic (exact) mass is 331 g/mol. The van der Waals surface area contributed by atoms with E-state index in [9.17, 15) is 14.0 Å². The van der Waals surface area contributed by atoms with Crippen molar-refractivity contribution in [2.45, 2.75) is 19.8 Å². The van der Waals surface area contributed by atoms with Crippen molar-refractivity contribution in [1.82, 2.24) is 0 Å². The Kier molecular flexibility index (Phi) is 7.66. The van der Waals surface area contributed by atoms with Gasteiger partial charge in [-0.25, -0.2) is 14.0 Å². The molecule has 122 valence electrons. The van der Waals surface area contributed by atoms with E-state index in [2.05, 4.69) is 4.74 Å². The van der Waals surface area contributed by atoms with Gasteiger partial charge in [0.05, 0.1) is 19.4 Å². The van der Waals surface area contributed by atoms with Crippen molar-refractivity contribution in [3.8, 4) is 0 Å². The number of rotatable bonds is 7. The molecule has 0 heterocycles. The largest absolute Gasteiger partial charge is 0.465 e. The molecule has 0 aromatic heterocycles. The number of amides is 1. The normalized spacial score (nSPS) is 10.2. The summed E-state index contributed by atoms with van der Waals surface area (Å²) in [5, 5.41) is 0. The van der Waals surface area contributed by atoms with E-state index in [4.69, 9.17) is 16.3 Å². The smallest absolute Gasteiger partial charge is 0.414 e. The second-order valence-electron chi connectivity index (χ2n) is 4.37. The number of halogens is 2. The number of ether oxygens (including phenoxy) is 2. The van der Waals surface area contributed by atoms with E-state index in [1.54, 1.807) is 6.92 Å². The summed E-state index contributed by atoms with van der Waals surface area (Å²) in [5.74, 6) is -1.15. The first-order chi connectivity index (χ1) is 10.6. The molecule has 0 bridgehead atoms. The fourth-order valence-electron chi connectivity index (χ4n) is 1.92. The lowest BCUT2D eigenvalue weighted by Crippen LogP contribution is -2.34. The number of anilines is 1. The summed E-state index contributed by atoms with van der Waals surface area (Å²) < 4.78 is 23.6. The maximum atomic E-state index is 14.0. The number of methoxy groups -OCH3 is 1. The van der Waals surface area contributed by atoms with Crippen molar-refractivity contribution >= 4 is 29.4 Å². The first-order valence-corrected chi connectivity index (χ1v) is 7.47. The molecule has 5 nitrogen and oxygen atoms in total. The number of alkyl halides is 1. The molecule has 7 heteroatoms. The van der Waals surface area contributed by atoms with Crippen molar-refractivity contribution in [3.63, 3.8) is 0 Å². The van der Waals surface area contributed by atoms with E-state index in [-0.39, 0.29) is 24.4 Å². The molecule has 0 radical (unpaired) electrons. The molecule has 0 unspecified atom stereocenters. The lowest BCUT2D eigenvalue weighted by atomic mass is 10.1. The van der Waals surface area contributed by atoms with Crippen LogP contribution in [0.2, 0.25) is 0 Å². The predicted molar refractivity (Wildman–Crippen MR) is 82.1 cm³/mol. The molecule has 0 spiro atoms. The summed E-state index contributed by atoms with van der Waals surface area (Å²) in [6.07, 6.45) is 0.632. The first-order valence-electron chi connectivity index (χ1n) is 6.93. The van der Waals surface area contributed by atoms with Crippen LogP contribution < -0.4 is 4.90 Å². The van der Waals surface area contributed by atoms with Crippen LogP contribution in [0.25, 0.3) is 0 Å². The van der Waals surface area contributed by atoms with E-state index < -0.39 is 17.9 Å². The highest BCUT2D eigenvalue weighted by Crippen LogP contribution is 2.25. The number of benzene rings is 1. The molecule has 0 atom stereocenters. The van der Waals surface area contributed by atoms with E-state index in [1.807, 2.05) is 0 Å². The van der Waals surface area contributed by atoms with Crippen molar-refractivity contribution in [2.75, 3.05) is 31.0 Å². The minimum atomic E-state index is -0.847. The zero-order valence-corrected chi connectivity index (χ0v) is 13.4. The highest BCUT2D eigenvalue weighted by atomic mass is 35.5. The molecule has 0 saturated heterocycles. The van der Waals surface area contributed by atoms with Gasteiger partial charge in [0.15, 0.2) is 0 Å². The van der Waals surface area contributed by atoms with Crippen LogP contribution in [-0.2, 0) is 9.47 Å². The van der Waals surface area contributed by atoms with Crippen LogP contribution in [0.15, 0.2) is 18.2 Å². The molecule has 0 aliphatic heterocycles. The third-order valence-electron chi connectivity index (χ3n) is 2.93. The quantitative estimate of drug-likeness (QED) is 0.435. The van der Waals surface area contributed by atoms with Crippen LogP contribution in [-0.4, -0.2) is 38.2 Å². The Labute approximate surface area is 133 Å². The maximum absolute atomic E-state index is 14.0. The molecule has 1 aromatic rings. The van der Waals surface area contributed by atoms with E-state index in [0.29, 0.717) is 18.7 Å². The fourth-order valence-corrected chi connectivity index (χ4v) is 2.11. The molecule has 22 heavy (non-hydrogen) atoms. The SMILES string of the molecule is CCOC(=O)N(CCCCCl)c1cccc(F)c1C(=O)OC. The summed E-state index contributed by atoms with van der Waals surface area (Å²) in [5.41, 5.74) is -0.163. The van der Waals surface area contributed by atoms with Crippen LogP contribution in [0.4, 0.5) is 14.9 Å². The van der Waals surface area contributed by atoms with E-state index in [0.717, 1.165) is 13.2 Å². The minimum absolute atomic E-state index is 0.125. The number of hydrogen-bond donors (Lipinski definition) is 0. The molecule has 0 aliphatic carbocycles. The van der Waals surface area contributed by atoms with Gasteiger partial charge in [-0.15, -0.1) is 11.6 Å². The van der Waals surface area contributed by atoms with Crippen LogP contribution >= 0.6 is 11.6 Å². The number of carbonyl (C=O) groups is 2. The Morgan fingerprint density at radius 3 is 2.64 bits per heavy atom. The Balaban J connectivity index is 3.20. The minimum Gasteiger partial charge on any atom is -0.465 e. The van der Waals surface area contributed by atoms with Crippen molar-refractivity contribution < 1.29 is 23.5 Å². The Morgan fingerprint density at radius 2 is 2.05 bits per heavy atom. The highest BCUT2D eigenvalue weighted by Gasteiger charge is 2.25. The number of nitrogens with zero attached hydrogens (tertiary/aromatic N) is 1. The lowest BCUT2D eigenvalue weighted by molar-refractivity contribution is 0.0596. The van der Waals surface area contributed by atoms with Gasteiger partial charge in [-0.05, 0) is 31.9 Å². The topological polar surface area (TPSA) is 55.8 Å². The number of esters is 1. The standard InChI is InChI=1S/C15H19ClFNO4/c1-3-22-15(20)18(10-5-4-9-16)12-8-6-7-11(17)13(12)14(19)21-2/h6-8H,3-5,9-10H2,1-2H3. The average Bonchev–Trinajstić information content (AvgIpc) is 2.51. The van der Waals surface area contributed by atoms with E-state index >= 15 is 0 Å². The van der Waals surface area contributed by atoms with Crippen molar-refractivity contribution in [2.24, 2.45) is 0 Å². The molecule has 0 fully saturated rings. The second kappa shape index (κ2) is 9.25. The molecule has 0 aliphatic rings. The van der Waals surface area contributed by atoms with Gasteiger partial charge in [0.2, 0.25) is 0 Å². The molecule has 0 saturated carbocycles.